The first kappa shape index (κ1) is 23.2. The van der Waals surface area contributed by atoms with Crippen LogP contribution in [0.25, 0.3) is 21.9 Å². The topological polar surface area (TPSA) is 86.0 Å². The minimum Gasteiger partial charge on any atom is -0.493 e. The van der Waals surface area contributed by atoms with E-state index in [4.69, 9.17) is 21.1 Å². The average molecular weight is 531 g/mol. The molecule has 8 nitrogen and oxygen atoms in total. The zero-order valence-corrected chi connectivity index (χ0v) is 21.3. The van der Waals surface area contributed by atoms with Gasteiger partial charge in [-0.2, -0.15) is 9.50 Å². The molecule has 2 aromatic heterocycles. The van der Waals surface area contributed by atoms with Crippen molar-refractivity contribution in [2.75, 3.05) is 19.1 Å². The number of halogens is 1. The van der Waals surface area contributed by atoms with Gasteiger partial charge in [0.1, 0.15) is 4.53 Å². The Morgan fingerprint density at radius 2 is 1.70 bits per heavy atom. The van der Waals surface area contributed by atoms with Crippen LogP contribution in [-0.4, -0.2) is 34.7 Å². The standard InChI is InChI=1S/C27H19ClN4O4S/c1-35-20-12-11-15(13-21(20)36-2)24-29-27-32(30-24)26(34)23(37-27)22-17-8-4-6-10-19(17)31(25(22)33)14-16-7-3-5-9-18(16)28/h3-13H,14H2,1-2H3. The molecular weight excluding hydrogens is 512 g/mol. The van der Waals surface area contributed by atoms with Crippen LogP contribution >= 0.6 is 22.9 Å². The quantitative estimate of drug-likeness (QED) is 0.342. The van der Waals surface area contributed by atoms with Gasteiger partial charge in [0, 0.05) is 16.1 Å². The molecule has 3 aromatic carbocycles. The summed E-state index contributed by atoms with van der Waals surface area (Å²) >= 11 is 7.51. The van der Waals surface area contributed by atoms with Gasteiger partial charge in [-0.3, -0.25) is 9.59 Å². The van der Waals surface area contributed by atoms with Crippen LogP contribution in [0.3, 0.4) is 0 Å². The summed E-state index contributed by atoms with van der Waals surface area (Å²) in [6.45, 7) is 0.289. The van der Waals surface area contributed by atoms with Crippen LogP contribution in [0.2, 0.25) is 5.02 Å². The normalized spacial score (nSPS) is 14.4. The first-order chi connectivity index (χ1) is 18.0. The first-order valence-corrected chi connectivity index (χ1v) is 12.5. The Kier molecular flexibility index (Phi) is 5.66. The highest BCUT2D eigenvalue weighted by atomic mass is 35.5. The zero-order chi connectivity index (χ0) is 25.7. The fourth-order valence-electron chi connectivity index (χ4n) is 4.44. The Hall–Kier alpha value is -4.21. The lowest BCUT2D eigenvalue weighted by Crippen LogP contribution is -2.32. The highest BCUT2D eigenvalue weighted by Crippen LogP contribution is 2.37. The fraction of sp³-hybridized carbons (Fsp3) is 0.111. The summed E-state index contributed by atoms with van der Waals surface area (Å²) in [6.07, 6.45) is 0. The van der Waals surface area contributed by atoms with Crippen LogP contribution in [0.5, 0.6) is 11.5 Å². The molecule has 0 atom stereocenters. The van der Waals surface area contributed by atoms with Gasteiger partial charge in [0.2, 0.25) is 4.96 Å². The average Bonchev–Trinajstić information content (AvgIpc) is 3.55. The maximum absolute atomic E-state index is 13.7. The van der Waals surface area contributed by atoms with Crippen molar-refractivity contribution in [1.82, 2.24) is 14.6 Å². The molecule has 0 N–H and O–H groups in total. The zero-order valence-electron chi connectivity index (χ0n) is 19.8. The molecule has 0 aliphatic carbocycles. The number of nitrogens with zero attached hydrogens (tertiary/aromatic N) is 4. The van der Waals surface area contributed by atoms with Gasteiger partial charge < -0.3 is 14.4 Å². The summed E-state index contributed by atoms with van der Waals surface area (Å²) in [5.74, 6) is 1.22. The number of hydrogen-bond acceptors (Lipinski definition) is 7. The van der Waals surface area contributed by atoms with Gasteiger partial charge in [-0.15, -0.1) is 5.10 Å². The highest BCUT2D eigenvalue weighted by Gasteiger charge is 2.34. The van der Waals surface area contributed by atoms with Crippen molar-refractivity contribution < 1.29 is 14.3 Å². The maximum atomic E-state index is 13.7. The molecule has 0 bridgehead atoms. The lowest BCUT2D eigenvalue weighted by atomic mass is 10.1. The molecular formula is C27H19ClN4O4S. The van der Waals surface area contributed by atoms with Gasteiger partial charge in [-0.25, -0.2) is 0 Å². The third-order valence-corrected chi connectivity index (χ3v) is 7.63. The van der Waals surface area contributed by atoms with Crippen molar-refractivity contribution in [3.8, 4) is 22.9 Å². The van der Waals surface area contributed by atoms with Crippen LogP contribution in [0.4, 0.5) is 5.69 Å². The van der Waals surface area contributed by atoms with Crippen molar-refractivity contribution in [1.29, 1.82) is 0 Å². The summed E-state index contributed by atoms with van der Waals surface area (Å²) in [7, 11) is 3.11. The van der Waals surface area contributed by atoms with Gasteiger partial charge >= 0.3 is 0 Å². The van der Waals surface area contributed by atoms with Crippen LogP contribution in [-0.2, 0) is 11.3 Å². The molecule has 6 rings (SSSR count). The van der Waals surface area contributed by atoms with Gasteiger partial charge in [0.15, 0.2) is 17.3 Å². The number of benzene rings is 3. The molecule has 0 radical (unpaired) electrons. The summed E-state index contributed by atoms with van der Waals surface area (Å²) in [5, 5.41) is 5.01. The number of hydrogen-bond donors (Lipinski definition) is 0. The lowest BCUT2D eigenvalue weighted by Gasteiger charge is -2.17. The summed E-state index contributed by atoms with van der Waals surface area (Å²) < 4.78 is 12.2. The molecule has 0 spiro atoms. The number of aromatic nitrogens is 3. The van der Waals surface area contributed by atoms with Crippen molar-refractivity contribution in [3.63, 3.8) is 0 Å². The van der Waals surface area contributed by atoms with E-state index in [0.717, 1.165) is 22.6 Å². The van der Waals surface area contributed by atoms with E-state index in [1.807, 2.05) is 42.5 Å². The van der Waals surface area contributed by atoms with E-state index >= 15 is 0 Å². The summed E-state index contributed by atoms with van der Waals surface area (Å²) in [5.41, 5.74) is 2.87. The van der Waals surface area contributed by atoms with E-state index in [9.17, 15) is 9.59 Å². The minimum absolute atomic E-state index is 0.261. The molecule has 0 saturated heterocycles. The molecule has 3 heterocycles. The number of ether oxygens (including phenoxy) is 2. The molecule has 37 heavy (non-hydrogen) atoms. The molecule has 1 amide bonds. The Balaban J connectivity index is 1.47. The number of thiazole rings is 1. The number of amides is 1. The van der Waals surface area contributed by atoms with Crippen LogP contribution in [0.15, 0.2) is 71.5 Å². The van der Waals surface area contributed by atoms with Crippen molar-refractivity contribution in [2.24, 2.45) is 0 Å². The molecule has 0 unspecified atom stereocenters. The molecule has 0 saturated carbocycles. The predicted octanol–water partition coefficient (Wildman–Crippen LogP) is 3.95. The number of carbonyl (C=O) groups is 1. The van der Waals surface area contributed by atoms with Crippen molar-refractivity contribution >= 4 is 45.1 Å². The Bertz CT molecular complexity index is 1810. The number of carbonyl (C=O) groups excluding carboxylic acids is 1. The van der Waals surface area contributed by atoms with Gasteiger partial charge in [0.25, 0.3) is 11.5 Å². The Labute approximate surface area is 220 Å². The second-order valence-electron chi connectivity index (χ2n) is 8.31. The molecule has 10 heteroatoms. The fourth-order valence-corrected chi connectivity index (χ4v) is 5.63. The van der Waals surface area contributed by atoms with Crippen LogP contribution in [0.1, 0.15) is 11.1 Å². The number of methoxy groups -OCH3 is 2. The highest BCUT2D eigenvalue weighted by molar-refractivity contribution is 7.15. The third-order valence-electron chi connectivity index (χ3n) is 6.24. The minimum atomic E-state index is -0.392. The third kappa shape index (κ3) is 3.75. The Morgan fingerprint density at radius 1 is 0.946 bits per heavy atom. The largest absolute Gasteiger partial charge is 0.493 e. The number of anilines is 1. The molecule has 1 aliphatic heterocycles. The number of para-hydroxylation sites is 1. The van der Waals surface area contributed by atoms with Crippen molar-refractivity contribution in [2.45, 2.75) is 6.54 Å². The molecule has 5 aromatic rings. The number of rotatable bonds is 5. The van der Waals surface area contributed by atoms with E-state index in [1.54, 1.807) is 43.4 Å². The lowest BCUT2D eigenvalue weighted by molar-refractivity contribution is -0.113. The number of fused-ring (bicyclic) bond motifs is 2. The molecule has 1 aliphatic rings. The predicted molar refractivity (Wildman–Crippen MR) is 142 cm³/mol. The summed E-state index contributed by atoms with van der Waals surface area (Å²) in [4.78, 5) is 33.8. The molecule has 0 fully saturated rings. The van der Waals surface area contributed by atoms with Gasteiger partial charge in [-0.1, -0.05) is 59.3 Å². The van der Waals surface area contributed by atoms with Crippen LogP contribution in [0, 0.1) is 0 Å². The smallest absolute Gasteiger partial charge is 0.291 e. The van der Waals surface area contributed by atoms with E-state index < -0.39 is 5.56 Å². The monoisotopic (exact) mass is 530 g/mol. The van der Waals surface area contributed by atoms with E-state index in [0.29, 0.717) is 48.5 Å². The summed E-state index contributed by atoms with van der Waals surface area (Å²) in [6, 6.07) is 20.1. The molecule has 184 valence electrons. The van der Waals surface area contributed by atoms with Crippen molar-refractivity contribution in [3.05, 3.63) is 97.8 Å². The SMILES string of the molecule is COc1ccc(-c2nc3sc(=C4C(=O)N(Cc5ccccc5Cl)c5ccccc54)c(=O)n3n2)cc1OC. The van der Waals surface area contributed by atoms with E-state index in [2.05, 4.69) is 10.1 Å². The van der Waals surface area contributed by atoms with Crippen LogP contribution < -0.4 is 24.5 Å². The second kappa shape index (κ2) is 9.02. The second-order valence-corrected chi connectivity index (χ2v) is 9.70. The van der Waals surface area contributed by atoms with Gasteiger partial charge in [-0.05, 0) is 35.9 Å². The maximum Gasteiger partial charge on any atom is 0.291 e. The van der Waals surface area contributed by atoms with E-state index in [-0.39, 0.29) is 12.5 Å². The Morgan fingerprint density at radius 3 is 2.46 bits per heavy atom. The van der Waals surface area contributed by atoms with Gasteiger partial charge in [0.05, 0.1) is 32.0 Å². The van der Waals surface area contributed by atoms with E-state index in [1.165, 1.54) is 4.52 Å². The first-order valence-electron chi connectivity index (χ1n) is 11.3.